The number of rotatable bonds is 6. The van der Waals surface area contributed by atoms with Gasteiger partial charge in [0.15, 0.2) is 6.61 Å². The number of benzene rings is 2. The summed E-state index contributed by atoms with van der Waals surface area (Å²) in [6.45, 7) is -0.912. The molecule has 2 aromatic rings. The lowest BCUT2D eigenvalue weighted by atomic mass is 9.98. The van der Waals surface area contributed by atoms with E-state index in [1.807, 2.05) is 0 Å². The Kier molecular flexibility index (Phi) is 5.96. The number of nitrogens with zero attached hydrogens (tertiary/aromatic N) is 1. The van der Waals surface area contributed by atoms with Crippen LogP contribution in [-0.4, -0.2) is 41.7 Å². The van der Waals surface area contributed by atoms with E-state index in [0.717, 1.165) is 23.1 Å². The third kappa shape index (κ3) is 4.81. The highest BCUT2D eigenvalue weighted by Gasteiger charge is 2.30. The molecule has 0 atom stereocenters. The molecule has 0 fully saturated rings. The van der Waals surface area contributed by atoms with Crippen LogP contribution < -0.4 is 5.32 Å². The molecule has 1 N–H and O–H groups in total. The zero-order valence-corrected chi connectivity index (χ0v) is 15.1. The molecule has 0 bridgehead atoms. The maximum absolute atomic E-state index is 13.5. The van der Waals surface area contributed by atoms with Gasteiger partial charge < -0.3 is 10.1 Å². The molecule has 0 radical (unpaired) electrons. The molecule has 3 amide bonds. The molecule has 1 heterocycles. The molecule has 1 aliphatic heterocycles. The van der Waals surface area contributed by atoms with Gasteiger partial charge >= 0.3 is 5.97 Å². The first-order valence-corrected chi connectivity index (χ1v) is 8.68. The highest BCUT2D eigenvalue weighted by Crippen LogP contribution is 2.20. The first-order chi connectivity index (χ1) is 13.8. The maximum atomic E-state index is 13.5. The summed E-state index contributed by atoms with van der Waals surface area (Å²) in [6.07, 6.45) is -0.250. The van der Waals surface area contributed by atoms with Gasteiger partial charge in [0, 0.05) is 18.2 Å². The van der Waals surface area contributed by atoms with Gasteiger partial charge in [-0.1, -0.05) is 18.2 Å². The first-order valence-electron chi connectivity index (χ1n) is 8.68. The van der Waals surface area contributed by atoms with E-state index in [1.165, 1.54) is 0 Å². The third-order valence-corrected chi connectivity index (χ3v) is 4.24. The number of amides is 3. The number of ether oxygens (including phenoxy) is 1. The molecule has 2 aromatic carbocycles. The van der Waals surface area contributed by atoms with Gasteiger partial charge in [-0.3, -0.25) is 24.1 Å². The van der Waals surface area contributed by atoms with E-state index in [-0.39, 0.29) is 25.1 Å². The summed E-state index contributed by atoms with van der Waals surface area (Å²) >= 11 is 0. The molecule has 9 heteroatoms. The van der Waals surface area contributed by atoms with Gasteiger partial charge in [-0.2, -0.15) is 0 Å². The fourth-order valence-electron chi connectivity index (χ4n) is 2.83. The molecule has 29 heavy (non-hydrogen) atoms. The number of imide groups is 1. The van der Waals surface area contributed by atoms with Crippen LogP contribution in [-0.2, 0) is 25.5 Å². The Morgan fingerprint density at radius 1 is 1.10 bits per heavy atom. The van der Waals surface area contributed by atoms with E-state index in [1.54, 1.807) is 24.3 Å². The second kappa shape index (κ2) is 8.59. The predicted octanol–water partition coefficient (Wildman–Crippen LogP) is 2.06. The Hall–Kier alpha value is -3.62. The molecule has 3 rings (SSSR count). The minimum atomic E-state index is -0.859. The number of esters is 1. The van der Waals surface area contributed by atoms with E-state index in [2.05, 4.69) is 5.32 Å². The third-order valence-electron chi connectivity index (χ3n) is 4.24. The second-order valence-corrected chi connectivity index (χ2v) is 6.27. The molecular weight excluding hydrogens is 386 g/mol. The van der Waals surface area contributed by atoms with Crippen molar-refractivity contribution in [2.75, 3.05) is 18.5 Å². The molecule has 0 saturated carbocycles. The number of carbonyl (C=O) groups excluding carboxylic acids is 4. The number of carbonyl (C=O) groups is 4. The van der Waals surface area contributed by atoms with Gasteiger partial charge in [0.2, 0.25) is 5.91 Å². The Bertz CT molecular complexity index is 993. The van der Waals surface area contributed by atoms with Crippen LogP contribution >= 0.6 is 0 Å². The molecule has 1 aliphatic rings. The van der Waals surface area contributed by atoms with E-state index >= 15 is 0 Å². The fourth-order valence-corrected chi connectivity index (χ4v) is 2.83. The molecule has 7 nitrogen and oxygen atoms in total. The van der Waals surface area contributed by atoms with E-state index in [9.17, 15) is 28.0 Å². The number of nitrogens with one attached hydrogen (secondary N) is 1. The topological polar surface area (TPSA) is 92.8 Å². The smallest absolute Gasteiger partial charge is 0.308 e. The Morgan fingerprint density at radius 3 is 2.66 bits per heavy atom. The molecule has 0 aromatic heterocycles. The largest absolute Gasteiger partial charge is 0.456 e. The van der Waals surface area contributed by atoms with Crippen molar-refractivity contribution in [3.63, 3.8) is 0 Å². The number of anilines is 1. The summed E-state index contributed by atoms with van der Waals surface area (Å²) in [7, 11) is 0. The van der Waals surface area contributed by atoms with Gasteiger partial charge in [-0.15, -0.1) is 0 Å². The highest BCUT2D eigenvalue weighted by molar-refractivity contribution is 6.09. The first kappa shape index (κ1) is 20.1. The summed E-state index contributed by atoms with van der Waals surface area (Å²) in [6, 6.07) is 9.24. The van der Waals surface area contributed by atoms with Gasteiger partial charge in [0.1, 0.15) is 11.6 Å². The number of hydrogen-bond donors (Lipinski definition) is 1. The van der Waals surface area contributed by atoms with Gasteiger partial charge in [-0.25, -0.2) is 8.78 Å². The summed E-state index contributed by atoms with van der Waals surface area (Å²) in [5.74, 6) is -4.18. The van der Waals surface area contributed by atoms with Gasteiger partial charge in [0.25, 0.3) is 11.8 Å². The normalized spacial score (nSPS) is 13.1. The van der Waals surface area contributed by atoms with Gasteiger partial charge in [-0.05, 0) is 23.8 Å². The highest BCUT2D eigenvalue weighted by atomic mass is 19.1. The number of hydrogen-bond acceptors (Lipinski definition) is 5. The van der Waals surface area contributed by atoms with Crippen molar-refractivity contribution in [1.29, 1.82) is 0 Å². The van der Waals surface area contributed by atoms with Crippen LogP contribution in [0.2, 0.25) is 0 Å². The molecule has 150 valence electrons. The van der Waals surface area contributed by atoms with E-state index in [4.69, 9.17) is 4.74 Å². The lowest BCUT2D eigenvalue weighted by Crippen LogP contribution is -2.43. The van der Waals surface area contributed by atoms with Crippen molar-refractivity contribution < 1.29 is 32.7 Å². The molecule has 0 unspecified atom stereocenters. The van der Waals surface area contributed by atoms with Crippen molar-refractivity contribution in [2.45, 2.75) is 12.8 Å². The average Bonchev–Trinajstić information content (AvgIpc) is 2.69. The zero-order valence-electron chi connectivity index (χ0n) is 15.1. The van der Waals surface area contributed by atoms with Crippen molar-refractivity contribution >= 4 is 29.4 Å². The summed E-state index contributed by atoms with van der Waals surface area (Å²) in [4.78, 5) is 49.1. The lowest BCUT2D eigenvalue weighted by molar-refractivity contribution is -0.147. The summed E-state index contributed by atoms with van der Waals surface area (Å²) < 4.78 is 31.3. The van der Waals surface area contributed by atoms with Gasteiger partial charge in [0.05, 0.1) is 18.5 Å². The van der Waals surface area contributed by atoms with Crippen molar-refractivity contribution in [3.8, 4) is 0 Å². The molecule has 0 aliphatic carbocycles. The second-order valence-electron chi connectivity index (χ2n) is 6.27. The predicted molar refractivity (Wildman–Crippen MR) is 96.8 cm³/mol. The number of fused-ring (bicyclic) bond motifs is 1. The van der Waals surface area contributed by atoms with E-state index in [0.29, 0.717) is 11.1 Å². The molecule has 0 spiro atoms. The zero-order chi connectivity index (χ0) is 21.0. The summed E-state index contributed by atoms with van der Waals surface area (Å²) in [5.41, 5.74) is 0.647. The number of halogens is 2. The van der Waals surface area contributed by atoms with Crippen LogP contribution in [0.1, 0.15) is 22.3 Å². The van der Waals surface area contributed by atoms with E-state index < -0.39 is 41.9 Å². The minimum absolute atomic E-state index is 0.0541. The van der Waals surface area contributed by atoms with Crippen molar-refractivity contribution in [3.05, 3.63) is 65.2 Å². The molecular formula is C20H16F2N2O5. The average molecular weight is 402 g/mol. The van der Waals surface area contributed by atoms with Crippen molar-refractivity contribution in [2.24, 2.45) is 0 Å². The van der Waals surface area contributed by atoms with Crippen LogP contribution in [0, 0.1) is 11.6 Å². The van der Waals surface area contributed by atoms with Crippen molar-refractivity contribution in [1.82, 2.24) is 4.90 Å². The van der Waals surface area contributed by atoms with Crippen LogP contribution in [0.5, 0.6) is 0 Å². The Labute approximate surface area is 164 Å². The van der Waals surface area contributed by atoms with Crippen LogP contribution in [0.15, 0.2) is 42.5 Å². The SMILES string of the molecule is O=C(COC(=O)CCN1C(=O)Cc2ccccc2C1=O)Nc1cc(F)ccc1F. The Balaban J connectivity index is 1.49. The maximum Gasteiger partial charge on any atom is 0.308 e. The Morgan fingerprint density at radius 2 is 1.86 bits per heavy atom. The standard InChI is InChI=1S/C20H16F2N2O5/c21-13-5-6-15(22)16(10-13)23-17(25)11-29-19(27)7-8-24-18(26)9-12-3-1-2-4-14(12)20(24)28/h1-6,10H,7-9,11H2,(H,23,25). The minimum Gasteiger partial charge on any atom is -0.456 e. The quantitative estimate of drug-likeness (QED) is 0.590. The molecule has 0 saturated heterocycles. The monoisotopic (exact) mass is 402 g/mol. The van der Waals surface area contributed by atoms with Crippen LogP contribution in [0.4, 0.5) is 14.5 Å². The summed E-state index contributed by atoms with van der Waals surface area (Å²) in [5, 5.41) is 2.09. The fraction of sp³-hybridized carbons (Fsp3) is 0.200. The lowest BCUT2D eigenvalue weighted by Gasteiger charge is -2.26. The van der Waals surface area contributed by atoms with Crippen LogP contribution in [0.3, 0.4) is 0 Å². The van der Waals surface area contributed by atoms with Crippen LogP contribution in [0.25, 0.3) is 0 Å².